The topological polar surface area (TPSA) is 119 Å². The first-order chi connectivity index (χ1) is 13.3. The number of sulfonamides is 1. The Morgan fingerprint density at radius 1 is 0.964 bits per heavy atom. The van der Waals surface area contributed by atoms with E-state index in [0.29, 0.717) is 12.1 Å². The molecule has 0 fully saturated rings. The fourth-order valence-electron chi connectivity index (χ4n) is 2.15. The fraction of sp³-hybridized carbons (Fsp3) is 0.211. The molecule has 2 aromatic rings. The van der Waals surface area contributed by atoms with E-state index in [1.165, 1.54) is 31.2 Å². The number of ketones is 1. The monoisotopic (exact) mass is 404 g/mol. The van der Waals surface area contributed by atoms with Crippen LogP contribution in [0.2, 0.25) is 0 Å². The van der Waals surface area contributed by atoms with Gasteiger partial charge in [0.1, 0.15) is 6.54 Å². The summed E-state index contributed by atoms with van der Waals surface area (Å²) in [4.78, 5) is 34.5. The van der Waals surface area contributed by atoms with Gasteiger partial charge < -0.3 is 10.1 Å². The number of carbonyl (C=O) groups is 3. The minimum Gasteiger partial charge on any atom is -0.455 e. The molecule has 0 aromatic heterocycles. The second kappa shape index (κ2) is 9.77. The van der Waals surface area contributed by atoms with Gasteiger partial charge in [-0.3, -0.25) is 14.4 Å². The van der Waals surface area contributed by atoms with E-state index in [1.807, 2.05) is 30.3 Å². The minimum absolute atomic E-state index is 0.0918. The first-order valence-electron chi connectivity index (χ1n) is 8.35. The number of benzene rings is 2. The van der Waals surface area contributed by atoms with Gasteiger partial charge in [-0.2, -0.15) is 4.72 Å². The zero-order valence-electron chi connectivity index (χ0n) is 15.2. The van der Waals surface area contributed by atoms with Crippen molar-refractivity contribution >= 4 is 27.7 Å². The van der Waals surface area contributed by atoms with Gasteiger partial charge in [-0.05, 0) is 24.6 Å². The van der Waals surface area contributed by atoms with Crippen molar-refractivity contribution in [1.82, 2.24) is 10.0 Å². The highest BCUT2D eigenvalue weighted by Gasteiger charge is 2.17. The third kappa shape index (κ3) is 6.60. The lowest BCUT2D eigenvalue weighted by Crippen LogP contribution is -2.33. The van der Waals surface area contributed by atoms with Crippen LogP contribution < -0.4 is 10.0 Å². The Bertz CT molecular complexity index is 940. The van der Waals surface area contributed by atoms with Gasteiger partial charge in [0, 0.05) is 12.1 Å². The van der Waals surface area contributed by atoms with E-state index in [4.69, 9.17) is 4.74 Å². The molecule has 28 heavy (non-hydrogen) atoms. The molecule has 0 aliphatic rings. The summed E-state index contributed by atoms with van der Waals surface area (Å²) in [6.07, 6.45) is 0. The van der Waals surface area contributed by atoms with E-state index < -0.39 is 35.1 Å². The van der Waals surface area contributed by atoms with Crippen LogP contribution in [0.4, 0.5) is 0 Å². The molecule has 0 bridgehead atoms. The molecular weight excluding hydrogens is 384 g/mol. The van der Waals surface area contributed by atoms with Crippen LogP contribution in [0.15, 0.2) is 59.5 Å². The molecule has 8 nitrogen and oxygen atoms in total. The molecule has 2 aromatic carbocycles. The van der Waals surface area contributed by atoms with Gasteiger partial charge in [-0.15, -0.1) is 0 Å². The average molecular weight is 404 g/mol. The van der Waals surface area contributed by atoms with Crippen LogP contribution in [0.5, 0.6) is 0 Å². The molecule has 0 spiro atoms. The van der Waals surface area contributed by atoms with Crippen LogP contribution >= 0.6 is 0 Å². The van der Waals surface area contributed by atoms with Gasteiger partial charge in [-0.25, -0.2) is 8.42 Å². The van der Waals surface area contributed by atoms with Crippen LogP contribution in [0.1, 0.15) is 22.8 Å². The molecule has 0 saturated carbocycles. The molecule has 0 aliphatic carbocycles. The molecule has 2 rings (SSSR count). The van der Waals surface area contributed by atoms with Gasteiger partial charge in [0.2, 0.25) is 10.0 Å². The minimum atomic E-state index is -3.95. The van der Waals surface area contributed by atoms with Gasteiger partial charge in [0.05, 0.1) is 4.90 Å². The third-order valence-corrected chi connectivity index (χ3v) is 5.09. The molecule has 0 heterocycles. The number of rotatable bonds is 9. The zero-order chi connectivity index (χ0) is 20.6. The molecule has 148 valence electrons. The van der Waals surface area contributed by atoms with Gasteiger partial charge in [0.25, 0.3) is 5.91 Å². The van der Waals surface area contributed by atoms with Crippen LogP contribution in [-0.4, -0.2) is 39.2 Å². The molecular formula is C19H20N2O6S. The van der Waals surface area contributed by atoms with Gasteiger partial charge >= 0.3 is 5.97 Å². The number of hydrogen-bond acceptors (Lipinski definition) is 6. The van der Waals surface area contributed by atoms with Gasteiger partial charge in [0.15, 0.2) is 12.4 Å². The maximum Gasteiger partial charge on any atom is 0.321 e. The maximum atomic E-state index is 12.1. The molecule has 0 atom stereocenters. The van der Waals surface area contributed by atoms with Crippen molar-refractivity contribution in [2.24, 2.45) is 0 Å². The number of ether oxygens (including phenoxy) is 1. The first kappa shape index (κ1) is 21.3. The van der Waals surface area contributed by atoms with Crippen molar-refractivity contribution in [3.8, 4) is 0 Å². The van der Waals surface area contributed by atoms with Crippen molar-refractivity contribution < 1.29 is 27.5 Å². The van der Waals surface area contributed by atoms with E-state index in [-0.39, 0.29) is 10.7 Å². The van der Waals surface area contributed by atoms with Crippen molar-refractivity contribution in [3.63, 3.8) is 0 Å². The summed E-state index contributed by atoms with van der Waals surface area (Å²) in [5.41, 5.74) is 1.27. The van der Waals surface area contributed by atoms with E-state index in [0.717, 1.165) is 5.56 Å². The number of nitrogens with one attached hydrogen (secondary N) is 2. The third-order valence-electron chi connectivity index (χ3n) is 3.67. The van der Waals surface area contributed by atoms with Crippen molar-refractivity contribution in [3.05, 3.63) is 65.7 Å². The standard InChI is InChI=1S/C19H20N2O6S/c1-14(22)16-7-9-17(10-8-16)28(25,26)21-12-19(24)27-13-18(23)20-11-15-5-3-2-4-6-15/h2-10,21H,11-13H2,1H3,(H,20,23). The summed E-state index contributed by atoms with van der Waals surface area (Å²) in [7, 11) is -3.95. The maximum absolute atomic E-state index is 12.1. The van der Waals surface area contributed by atoms with Crippen molar-refractivity contribution in [1.29, 1.82) is 0 Å². The highest BCUT2D eigenvalue weighted by Crippen LogP contribution is 2.10. The smallest absolute Gasteiger partial charge is 0.321 e. The summed E-state index contributed by atoms with van der Waals surface area (Å²) >= 11 is 0. The summed E-state index contributed by atoms with van der Waals surface area (Å²) in [6.45, 7) is 0.525. The SMILES string of the molecule is CC(=O)c1ccc(S(=O)(=O)NCC(=O)OCC(=O)NCc2ccccc2)cc1. The summed E-state index contributed by atoms with van der Waals surface area (Å²) in [6, 6.07) is 14.5. The number of hydrogen-bond donors (Lipinski definition) is 2. The average Bonchev–Trinajstić information content (AvgIpc) is 2.70. The molecule has 0 saturated heterocycles. The van der Waals surface area contributed by atoms with E-state index in [2.05, 4.69) is 10.0 Å². The Kier molecular flexibility index (Phi) is 7.42. The van der Waals surface area contributed by atoms with E-state index in [9.17, 15) is 22.8 Å². The predicted octanol–water partition coefficient (Wildman–Crippen LogP) is 1.03. The van der Waals surface area contributed by atoms with E-state index >= 15 is 0 Å². The lowest BCUT2D eigenvalue weighted by atomic mass is 10.2. The molecule has 1 amide bonds. The van der Waals surface area contributed by atoms with Crippen LogP contribution in [0, 0.1) is 0 Å². The van der Waals surface area contributed by atoms with Crippen molar-refractivity contribution in [2.45, 2.75) is 18.4 Å². The predicted molar refractivity (Wildman–Crippen MR) is 101 cm³/mol. The van der Waals surface area contributed by atoms with E-state index in [1.54, 1.807) is 0 Å². The second-order valence-electron chi connectivity index (χ2n) is 5.83. The van der Waals surface area contributed by atoms with Crippen LogP contribution in [0.25, 0.3) is 0 Å². The Morgan fingerprint density at radius 2 is 1.61 bits per heavy atom. The van der Waals surface area contributed by atoms with Crippen LogP contribution in [0.3, 0.4) is 0 Å². The number of Topliss-reactive ketones (excluding diaryl/α,β-unsaturated/α-hetero) is 1. The highest BCUT2D eigenvalue weighted by atomic mass is 32.2. The zero-order valence-corrected chi connectivity index (χ0v) is 16.0. The Hall–Kier alpha value is -3.04. The van der Waals surface area contributed by atoms with Crippen LogP contribution in [-0.2, 0) is 30.9 Å². The largest absolute Gasteiger partial charge is 0.455 e. The lowest BCUT2D eigenvalue weighted by molar-refractivity contribution is -0.147. The normalized spacial score (nSPS) is 10.9. The molecule has 0 radical (unpaired) electrons. The number of esters is 1. The number of amides is 1. The Labute approximate surface area is 163 Å². The van der Waals surface area contributed by atoms with Gasteiger partial charge in [-0.1, -0.05) is 42.5 Å². The quantitative estimate of drug-likeness (QED) is 0.476. The fourth-order valence-corrected chi connectivity index (χ4v) is 3.12. The molecule has 2 N–H and O–H groups in total. The Balaban J connectivity index is 1.76. The Morgan fingerprint density at radius 3 is 2.21 bits per heavy atom. The summed E-state index contributed by atoms with van der Waals surface area (Å²) in [5.74, 6) is -1.58. The molecule has 0 aliphatic heterocycles. The van der Waals surface area contributed by atoms with Crippen molar-refractivity contribution in [2.75, 3.05) is 13.2 Å². The molecule has 9 heteroatoms. The second-order valence-corrected chi connectivity index (χ2v) is 7.60. The lowest BCUT2D eigenvalue weighted by Gasteiger charge is -2.08. The number of carbonyl (C=O) groups excluding carboxylic acids is 3. The summed E-state index contributed by atoms with van der Waals surface area (Å²) < 4.78 is 31.1. The summed E-state index contributed by atoms with van der Waals surface area (Å²) in [5, 5.41) is 2.58. The first-order valence-corrected chi connectivity index (χ1v) is 9.83. The highest BCUT2D eigenvalue weighted by molar-refractivity contribution is 7.89. The molecule has 0 unspecified atom stereocenters.